The molecule has 3 rings (SSSR count). The Kier molecular flexibility index (Phi) is 2.64. The summed E-state index contributed by atoms with van der Waals surface area (Å²) in [6.45, 7) is 1.84. The Morgan fingerprint density at radius 3 is 2.94 bits per heavy atom. The number of hydrogen-bond donors (Lipinski definition) is 1. The van der Waals surface area contributed by atoms with Crippen LogP contribution in [-0.4, -0.2) is 15.0 Å². The highest BCUT2D eigenvalue weighted by molar-refractivity contribution is 7.99. The maximum Gasteiger partial charge on any atom is 0.263 e. The minimum absolute atomic E-state index is 0.550. The minimum Gasteiger partial charge on any atom is -0.431 e. The van der Waals surface area contributed by atoms with E-state index in [4.69, 9.17) is 10.2 Å². The lowest BCUT2D eigenvalue weighted by Crippen LogP contribution is -1.87. The van der Waals surface area contributed by atoms with E-state index in [1.165, 1.54) is 11.8 Å². The highest BCUT2D eigenvalue weighted by Crippen LogP contribution is 2.29. The summed E-state index contributed by atoms with van der Waals surface area (Å²) >= 11 is 1.36. The van der Waals surface area contributed by atoms with Crippen LogP contribution >= 0.6 is 11.8 Å². The molecule has 0 aliphatic carbocycles. The van der Waals surface area contributed by atoms with E-state index in [0.29, 0.717) is 16.5 Å². The molecule has 0 bridgehead atoms. The van der Waals surface area contributed by atoms with Crippen molar-refractivity contribution >= 4 is 28.5 Å². The van der Waals surface area contributed by atoms with Gasteiger partial charge in [-0.3, -0.25) is 0 Å². The number of anilines is 1. The SMILES string of the molecule is Cc1nccc(Sc2nc3ccc(N)cc3o2)n1. The van der Waals surface area contributed by atoms with Gasteiger partial charge in [-0.05, 0) is 36.9 Å². The molecule has 0 spiro atoms. The van der Waals surface area contributed by atoms with Crippen LogP contribution in [0.3, 0.4) is 0 Å². The van der Waals surface area contributed by atoms with E-state index in [0.717, 1.165) is 16.4 Å². The number of nitrogens with zero attached hydrogens (tertiary/aromatic N) is 3. The fourth-order valence-corrected chi connectivity index (χ4v) is 2.31. The smallest absolute Gasteiger partial charge is 0.263 e. The van der Waals surface area contributed by atoms with Gasteiger partial charge in [-0.15, -0.1) is 0 Å². The topological polar surface area (TPSA) is 77.8 Å². The Morgan fingerprint density at radius 2 is 2.11 bits per heavy atom. The highest BCUT2D eigenvalue weighted by Gasteiger charge is 2.08. The molecule has 0 amide bonds. The summed E-state index contributed by atoms with van der Waals surface area (Å²) in [5, 5.41) is 1.36. The van der Waals surface area contributed by atoms with E-state index in [2.05, 4.69) is 15.0 Å². The monoisotopic (exact) mass is 258 g/mol. The maximum absolute atomic E-state index is 5.69. The van der Waals surface area contributed by atoms with Crippen LogP contribution in [0.15, 0.2) is 45.1 Å². The molecule has 5 nitrogen and oxygen atoms in total. The lowest BCUT2D eigenvalue weighted by molar-refractivity contribution is 0.489. The quantitative estimate of drug-likeness (QED) is 0.562. The predicted octanol–water partition coefficient (Wildman–Crippen LogP) is 2.66. The molecule has 0 aliphatic rings. The summed E-state index contributed by atoms with van der Waals surface area (Å²) in [5.41, 5.74) is 7.82. The molecule has 0 atom stereocenters. The molecule has 3 aromatic rings. The number of fused-ring (bicyclic) bond motifs is 1. The maximum atomic E-state index is 5.69. The fraction of sp³-hybridized carbons (Fsp3) is 0.0833. The van der Waals surface area contributed by atoms with E-state index in [-0.39, 0.29) is 0 Å². The van der Waals surface area contributed by atoms with E-state index >= 15 is 0 Å². The zero-order chi connectivity index (χ0) is 12.5. The van der Waals surface area contributed by atoms with E-state index < -0.39 is 0 Å². The van der Waals surface area contributed by atoms with Crippen molar-refractivity contribution in [1.29, 1.82) is 0 Å². The fourth-order valence-electron chi connectivity index (χ4n) is 1.54. The first-order valence-corrected chi connectivity index (χ1v) is 6.16. The van der Waals surface area contributed by atoms with Crippen molar-refractivity contribution in [3.63, 3.8) is 0 Å². The first-order chi connectivity index (χ1) is 8.70. The van der Waals surface area contributed by atoms with Crippen LogP contribution in [-0.2, 0) is 0 Å². The third-order valence-corrected chi connectivity index (χ3v) is 3.12. The zero-order valence-corrected chi connectivity index (χ0v) is 10.4. The minimum atomic E-state index is 0.550. The number of hydrogen-bond acceptors (Lipinski definition) is 6. The van der Waals surface area contributed by atoms with Gasteiger partial charge in [0.05, 0.1) is 0 Å². The molecule has 90 valence electrons. The van der Waals surface area contributed by atoms with Gasteiger partial charge in [0, 0.05) is 18.0 Å². The van der Waals surface area contributed by atoms with Crippen LogP contribution < -0.4 is 5.73 Å². The Balaban J connectivity index is 1.95. The van der Waals surface area contributed by atoms with Crippen molar-refractivity contribution in [3.8, 4) is 0 Å². The summed E-state index contributed by atoms with van der Waals surface area (Å²) in [6.07, 6.45) is 1.71. The molecular formula is C12H10N4OS. The van der Waals surface area contributed by atoms with Gasteiger partial charge in [0.2, 0.25) is 0 Å². The number of rotatable bonds is 2. The second kappa shape index (κ2) is 4.30. The highest BCUT2D eigenvalue weighted by atomic mass is 32.2. The number of oxazole rings is 1. The zero-order valence-electron chi connectivity index (χ0n) is 9.62. The summed E-state index contributed by atoms with van der Waals surface area (Å²) in [6, 6.07) is 7.22. The van der Waals surface area contributed by atoms with Gasteiger partial charge in [0.15, 0.2) is 5.58 Å². The van der Waals surface area contributed by atoms with Crippen molar-refractivity contribution in [2.75, 3.05) is 5.73 Å². The van der Waals surface area contributed by atoms with Crippen molar-refractivity contribution in [2.45, 2.75) is 17.2 Å². The summed E-state index contributed by atoms with van der Waals surface area (Å²) in [7, 11) is 0. The third-order valence-electron chi connectivity index (χ3n) is 2.34. The first kappa shape index (κ1) is 11.0. The second-order valence-electron chi connectivity index (χ2n) is 3.75. The van der Waals surface area contributed by atoms with Gasteiger partial charge >= 0.3 is 0 Å². The standard InChI is InChI=1S/C12H10N4OS/c1-7-14-5-4-11(15-7)18-12-16-9-3-2-8(13)6-10(9)17-12/h2-6H,13H2,1H3. The number of benzene rings is 1. The lowest BCUT2D eigenvalue weighted by Gasteiger charge is -1.95. The average molecular weight is 258 g/mol. The predicted molar refractivity (Wildman–Crippen MR) is 69.3 cm³/mol. The molecule has 2 N–H and O–H groups in total. The second-order valence-corrected chi connectivity index (χ2v) is 4.72. The van der Waals surface area contributed by atoms with E-state index in [9.17, 15) is 0 Å². The molecular weight excluding hydrogens is 248 g/mol. The van der Waals surface area contributed by atoms with Gasteiger partial charge < -0.3 is 10.2 Å². The summed E-state index contributed by atoms with van der Waals surface area (Å²) < 4.78 is 5.60. The Labute approximate surface area is 107 Å². The van der Waals surface area contributed by atoms with Crippen LogP contribution in [0.5, 0.6) is 0 Å². The van der Waals surface area contributed by atoms with E-state index in [1.54, 1.807) is 18.3 Å². The molecule has 0 saturated carbocycles. The van der Waals surface area contributed by atoms with Crippen molar-refractivity contribution in [3.05, 3.63) is 36.3 Å². The van der Waals surface area contributed by atoms with Gasteiger partial charge in [-0.1, -0.05) is 0 Å². The molecule has 0 aliphatic heterocycles. The molecule has 0 saturated heterocycles. The molecule has 6 heteroatoms. The van der Waals surface area contributed by atoms with Crippen molar-refractivity contribution in [1.82, 2.24) is 15.0 Å². The molecule has 0 fully saturated rings. The summed E-state index contributed by atoms with van der Waals surface area (Å²) in [5.74, 6) is 0.723. The number of aromatic nitrogens is 3. The molecule has 0 unspecified atom stereocenters. The molecule has 2 aromatic heterocycles. The van der Waals surface area contributed by atoms with Crippen molar-refractivity contribution in [2.24, 2.45) is 0 Å². The average Bonchev–Trinajstić information content (AvgIpc) is 2.70. The lowest BCUT2D eigenvalue weighted by atomic mass is 10.3. The third kappa shape index (κ3) is 2.14. The molecule has 2 heterocycles. The van der Waals surface area contributed by atoms with E-state index in [1.807, 2.05) is 19.1 Å². The van der Waals surface area contributed by atoms with Crippen LogP contribution in [0, 0.1) is 6.92 Å². The number of nitrogen functional groups attached to an aromatic ring is 1. The van der Waals surface area contributed by atoms with Crippen LogP contribution in [0.4, 0.5) is 5.69 Å². The van der Waals surface area contributed by atoms with Gasteiger partial charge in [-0.25, -0.2) is 15.0 Å². The van der Waals surface area contributed by atoms with Gasteiger partial charge in [0.25, 0.3) is 5.22 Å². The largest absolute Gasteiger partial charge is 0.431 e. The van der Waals surface area contributed by atoms with Crippen LogP contribution in [0.1, 0.15) is 5.82 Å². The van der Waals surface area contributed by atoms with Crippen molar-refractivity contribution < 1.29 is 4.42 Å². The summed E-state index contributed by atoms with van der Waals surface area (Å²) in [4.78, 5) is 12.7. The Morgan fingerprint density at radius 1 is 1.22 bits per heavy atom. The number of nitrogens with two attached hydrogens (primary N) is 1. The Bertz CT molecular complexity index is 710. The molecule has 0 radical (unpaired) electrons. The molecule has 1 aromatic carbocycles. The number of aryl methyl sites for hydroxylation is 1. The molecule has 18 heavy (non-hydrogen) atoms. The first-order valence-electron chi connectivity index (χ1n) is 5.34. The van der Waals surface area contributed by atoms with Crippen LogP contribution in [0.2, 0.25) is 0 Å². The normalized spacial score (nSPS) is 10.9. The van der Waals surface area contributed by atoms with Crippen LogP contribution in [0.25, 0.3) is 11.1 Å². The van der Waals surface area contributed by atoms with Gasteiger partial charge in [-0.2, -0.15) is 0 Å². The van der Waals surface area contributed by atoms with Gasteiger partial charge in [0.1, 0.15) is 16.4 Å². The Hall–Kier alpha value is -2.08.